The van der Waals surface area contributed by atoms with E-state index >= 15 is 0 Å². The van der Waals surface area contributed by atoms with E-state index in [9.17, 15) is 19.1 Å². The van der Waals surface area contributed by atoms with Gasteiger partial charge in [-0.05, 0) is 73.4 Å². The zero-order valence-corrected chi connectivity index (χ0v) is 19.8. The van der Waals surface area contributed by atoms with Gasteiger partial charge in [0.2, 0.25) is 0 Å². The van der Waals surface area contributed by atoms with E-state index in [4.69, 9.17) is 0 Å². The number of nitrogens with zero attached hydrogens (tertiary/aromatic N) is 2. The molecule has 1 aliphatic heterocycles. The maximum atomic E-state index is 13.8. The predicted octanol–water partition coefficient (Wildman–Crippen LogP) is 5.45. The van der Waals surface area contributed by atoms with E-state index in [0.717, 1.165) is 33.5 Å². The Morgan fingerprint density at radius 3 is 2.57 bits per heavy atom. The van der Waals surface area contributed by atoms with E-state index in [1.807, 2.05) is 39.1 Å². The van der Waals surface area contributed by atoms with Gasteiger partial charge in [-0.1, -0.05) is 24.3 Å². The molecule has 0 bridgehead atoms. The molecule has 0 amide bonds. The number of aromatic nitrogens is 1. The van der Waals surface area contributed by atoms with Gasteiger partial charge in [0, 0.05) is 36.2 Å². The minimum absolute atomic E-state index is 0.109. The molecule has 0 fully saturated rings. The summed E-state index contributed by atoms with van der Waals surface area (Å²) in [5.41, 5.74) is 6.56. The zero-order chi connectivity index (χ0) is 24.9. The number of carbonyl (C=O) groups is 1. The first kappa shape index (κ1) is 22.7. The van der Waals surface area contributed by atoms with Gasteiger partial charge < -0.3 is 15.3 Å². The second-order valence-electron chi connectivity index (χ2n) is 9.17. The van der Waals surface area contributed by atoms with Crippen molar-refractivity contribution in [1.29, 1.82) is 0 Å². The second-order valence-corrected chi connectivity index (χ2v) is 9.17. The summed E-state index contributed by atoms with van der Waals surface area (Å²) >= 11 is 0. The lowest BCUT2D eigenvalue weighted by molar-refractivity contribution is 0.0698. The van der Waals surface area contributed by atoms with E-state index in [2.05, 4.69) is 10.2 Å². The van der Waals surface area contributed by atoms with Crippen molar-refractivity contribution in [2.24, 2.45) is 0 Å². The normalized spacial score (nSPS) is 13.7. The Labute approximate surface area is 202 Å². The fraction of sp³-hybridized carbons (Fsp3) is 0.214. The summed E-state index contributed by atoms with van der Waals surface area (Å²) in [5.74, 6) is -1.27. The molecule has 5 rings (SSSR count). The fourth-order valence-electron chi connectivity index (χ4n) is 4.93. The number of aromatic carboxylic acids is 1. The Kier molecular flexibility index (Phi) is 5.55. The standard InChI is InChI=1S/C28H26FN3O3/c1-16-10-23(18(3)30-24-7-5-4-6-22(24)28(34)35)26-12-25(17(2)27(33)32(26)13-16)31-14-19-8-9-21(29)11-20(19)15-31/h4-13,18,30H,14-15H2,1-3H3,(H,34,35). The summed E-state index contributed by atoms with van der Waals surface area (Å²) in [7, 11) is 0. The topological polar surface area (TPSA) is 74.0 Å². The predicted molar refractivity (Wildman–Crippen MR) is 135 cm³/mol. The first-order valence-electron chi connectivity index (χ1n) is 11.5. The van der Waals surface area contributed by atoms with Crippen molar-refractivity contribution in [3.05, 3.63) is 110 Å². The number of rotatable bonds is 5. The molecule has 6 nitrogen and oxygen atoms in total. The molecule has 2 aromatic heterocycles. The molecular formula is C28H26FN3O3. The Balaban J connectivity index is 1.60. The van der Waals surface area contributed by atoms with Gasteiger partial charge in [-0.25, -0.2) is 9.18 Å². The Morgan fingerprint density at radius 1 is 1.06 bits per heavy atom. The molecule has 2 aromatic carbocycles. The number of hydrogen-bond acceptors (Lipinski definition) is 4. The molecule has 4 aromatic rings. The van der Waals surface area contributed by atoms with Crippen molar-refractivity contribution in [3.8, 4) is 0 Å². The molecule has 1 atom stereocenters. The van der Waals surface area contributed by atoms with Gasteiger partial charge in [-0.3, -0.25) is 9.20 Å². The van der Waals surface area contributed by atoms with Crippen molar-refractivity contribution >= 4 is 22.9 Å². The third-order valence-corrected chi connectivity index (χ3v) is 6.70. The number of pyridine rings is 2. The number of anilines is 2. The quantitative estimate of drug-likeness (QED) is 0.405. The summed E-state index contributed by atoms with van der Waals surface area (Å²) in [4.78, 5) is 27.2. The molecule has 1 aliphatic rings. The van der Waals surface area contributed by atoms with Crippen molar-refractivity contribution in [3.63, 3.8) is 0 Å². The summed E-state index contributed by atoms with van der Waals surface area (Å²) in [6, 6.07) is 15.3. The minimum Gasteiger partial charge on any atom is -0.478 e. The number of nitrogens with one attached hydrogen (secondary N) is 1. The van der Waals surface area contributed by atoms with Crippen molar-refractivity contribution < 1.29 is 14.3 Å². The first-order valence-corrected chi connectivity index (χ1v) is 11.5. The molecule has 0 saturated heterocycles. The Morgan fingerprint density at radius 2 is 1.80 bits per heavy atom. The maximum absolute atomic E-state index is 13.8. The molecule has 2 N–H and O–H groups in total. The highest BCUT2D eigenvalue weighted by atomic mass is 19.1. The highest BCUT2D eigenvalue weighted by molar-refractivity contribution is 5.94. The third kappa shape index (κ3) is 4.03. The minimum atomic E-state index is -1.01. The van der Waals surface area contributed by atoms with E-state index in [1.165, 1.54) is 6.07 Å². The lowest BCUT2D eigenvalue weighted by atomic mass is 10.0. The van der Waals surface area contributed by atoms with Gasteiger partial charge in [0.05, 0.1) is 17.1 Å². The highest BCUT2D eigenvalue weighted by Crippen LogP contribution is 2.33. The van der Waals surface area contributed by atoms with E-state index in [0.29, 0.717) is 24.3 Å². The maximum Gasteiger partial charge on any atom is 0.337 e. The van der Waals surface area contributed by atoms with Crippen LogP contribution in [0.5, 0.6) is 0 Å². The Bertz CT molecular complexity index is 1540. The van der Waals surface area contributed by atoms with E-state index < -0.39 is 5.97 Å². The number of para-hydroxylation sites is 1. The number of benzene rings is 2. The SMILES string of the molecule is Cc1cc(C(C)Nc2ccccc2C(=O)O)c2cc(N3Cc4ccc(F)cc4C3)c(C)c(=O)n2c1. The monoisotopic (exact) mass is 471 g/mol. The lowest BCUT2D eigenvalue weighted by Crippen LogP contribution is -2.25. The highest BCUT2D eigenvalue weighted by Gasteiger charge is 2.24. The van der Waals surface area contributed by atoms with Crippen molar-refractivity contribution in [1.82, 2.24) is 4.40 Å². The van der Waals surface area contributed by atoms with Crippen LogP contribution in [-0.2, 0) is 13.1 Å². The van der Waals surface area contributed by atoms with Crippen LogP contribution in [0.3, 0.4) is 0 Å². The van der Waals surface area contributed by atoms with Gasteiger partial charge in [0.1, 0.15) is 5.82 Å². The molecule has 178 valence electrons. The number of carboxylic acids is 1. The molecule has 3 heterocycles. The van der Waals surface area contributed by atoms with Gasteiger partial charge in [-0.2, -0.15) is 0 Å². The molecule has 0 radical (unpaired) electrons. The molecule has 1 unspecified atom stereocenters. The summed E-state index contributed by atoms with van der Waals surface area (Å²) in [6.45, 7) is 6.84. The number of carboxylic acid groups (broad SMARTS) is 1. The van der Waals surface area contributed by atoms with Crippen LogP contribution < -0.4 is 15.8 Å². The van der Waals surface area contributed by atoms with Gasteiger partial charge in [0.15, 0.2) is 0 Å². The van der Waals surface area contributed by atoms with Gasteiger partial charge >= 0.3 is 5.97 Å². The zero-order valence-electron chi connectivity index (χ0n) is 19.8. The molecule has 0 aliphatic carbocycles. The van der Waals surface area contributed by atoms with Gasteiger partial charge in [-0.15, -0.1) is 0 Å². The van der Waals surface area contributed by atoms with Crippen LogP contribution in [0.4, 0.5) is 15.8 Å². The Hall–Kier alpha value is -4.13. The van der Waals surface area contributed by atoms with E-state index in [-0.39, 0.29) is 23.0 Å². The summed E-state index contributed by atoms with van der Waals surface area (Å²) in [6.07, 6.45) is 1.82. The number of fused-ring (bicyclic) bond motifs is 2. The first-order chi connectivity index (χ1) is 16.7. The average molecular weight is 472 g/mol. The molecule has 0 saturated carbocycles. The summed E-state index contributed by atoms with van der Waals surface area (Å²) in [5, 5.41) is 12.9. The van der Waals surface area contributed by atoms with Gasteiger partial charge in [0.25, 0.3) is 5.56 Å². The molecule has 35 heavy (non-hydrogen) atoms. The van der Waals surface area contributed by atoms with E-state index in [1.54, 1.807) is 40.8 Å². The van der Waals surface area contributed by atoms with Crippen molar-refractivity contribution in [2.75, 3.05) is 10.2 Å². The smallest absolute Gasteiger partial charge is 0.337 e. The van der Waals surface area contributed by atoms with Crippen LogP contribution in [0.2, 0.25) is 0 Å². The number of hydrogen-bond donors (Lipinski definition) is 2. The number of halogens is 1. The number of aryl methyl sites for hydroxylation is 1. The lowest BCUT2D eigenvalue weighted by Gasteiger charge is -2.24. The largest absolute Gasteiger partial charge is 0.478 e. The average Bonchev–Trinajstić information content (AvgIpc) is 3.24. The van der Waals surface area contributed by atoms with Crippen LogP contribution in [0, 0.1) is 19.7 Å². The fourth-order valence-corrected chi connectivity index (χ4v) is 4.93. The van der Waals surface area contributed by atoms with Crippen LogP contribution in [0.25, 0.3) is 5.52 Å². The molecular weight excluding hydrogens is 445 g/mol. The molecule has 7 heteroatoms. The van der Waals surface area contributed by atoms with Crippen molar-refractivity contribution in [2.45, 2.75) is 39.9 Å². The van der Waals surface area contributed by atoms with Crippen LogP contribution in [0.1, 0.15) is 51.1 Å². The van der Waals surface area contributed by atoms with Crippen LogP contribution >= 0.6 is 0 Å². The second kappa shape index (κ2) is 8.58. The van der Waals surface area contributed by atoms with Crippen LogP contribution in [0.15, 0.2) is 65.6 Å². The third-order valence-electron chi connectivity index (χ3n) is 6.70. The summed E-state index contributed by atoms with van der Waals surface area (Å²) < 4.78 is 15.4. The van der Waals surface area contributed by atoms with Crippen LogP contribution in [-0.4, -0.2) is 15.5 Å². The molecule has 0 spiro atoms.